The Morgan fingerprint density at radius 3 is 2.73 bits per heavy atom. The van der Waals surface area contributed by atoms with Gasteiger partial charge in [-0.3, -0.25) is 9.59 Å². The van der Waals surface area contributed by atoms with E-state index in [0.29, 0.717) is 24.2 Å². The number of hydrogen-bond donors (Lipinski definition) is 2. The van der Waals surface area contributed by atoms with Crippen molar-refractivity contribution in [3.05, 3.63) is 77.9 Å². The summed E-state index contributed by atoms with van der Waals surface area (Å²) in [5.41, 5.74) is 0.884. The zero-order valence-corrected chi connectivity index (χ0v) is 26.7. The lowest BCUT2D eigenvalue weighted by molar-refractivity contribution is -0.159. The number of carbonyl (C=O) groups is 2. The Morgan fingerprint density at radius 1 is 1.31 bits per heavy atom. The topological polar surface area (TPSA) is 110 Å². The van der Waals surface area contributed by atoms with Crippen LogP contribution in [-0.2, 0) is 31.9 Å². The molecule has 240 valence electrons. The summed E-state index contributed by atoms with van der Waals surface area (Å²) in [6.07, 6.45) is 5.15. The molecule has 2 aliphatic heterocycles. The van der Waals surface area contributed by atoms with Crippen molar-refractivity contribution in [1.82, 2.24) is 10.6 Å². The summed E-state index contributed by atoms with van der Waals surface area (Å²) in [5.74, 6) is 0.237. The number of rotatable bonds is 10. The van der Waals surface area contributed by atoms with Crippen molar-refractivity contribution >= 4 is 11.9 Å². The van der Waals surface area contributed by atoms with E-state index in [1.807, 2.05) is 49.4 Å². The normalized spacial score (nSPS) is 24.1. The molecule has 5 atom stereocenters. The summed E-state index contributed by atoms with van der Waals surface area (Å²) >= 11 is 0. The van der Waals surface area contributed by atoms with Crippen LogP contribution in [0.5, 0.6) is 5.75 Å². The van der Waals surface area contributed by atoms with E-state index in [0.717, 1.165) is 35.1 Å². The quantitative estimate of drug-likeness (QED) is 0.209. The number of aryl methyl sites for hydroxylation is 1. The first-order chi connectivity index (χ1) is 21.5. The van der Waals surface area contributed by atoms with Crippen molar-refractivity contribution in [1.29, 1.82) is 5.26 Å². The highest BCUT2D eigenvalue weighted by molar-refractivity contribution is 5.81. The fraction of sp³-hybridized carbons (Fsp3) is 0.472. The molecule has 0 saturated carbocycles. The third-order valence-electron chi connectivity index (χ3n) is 8.80. The summed E-state index contributed by atoms with van der Waals surface area (Å²) in [6, 6.07) is 15.1. The third-order valence-corrected chi connectivity index (χ3v) is 8.80. The Hall–Kier alpha value is -3.84. The number of esters is 1. The first kappa shape index (κ1) is 34.0. The highest BCUT2D eigenvalue weighted by atomic mass is 19.1. The molecule has 1 amide bonds. The maximum absolute atomic E-state index is 15.9. The number of hydrogen-bond acceptors (Lipinski definition) is 7. The minimum absolute atomic E-state index is 0.122. The van der Waals surface area contributed by atoms with Crippen LogP contribution in [-0.4, -0.2) is 61.6 Å². The van der Waals surface area contributed by atoms with Gasteiger partial charge >= 0.3 is 5.97 Å². The molecule has 1 fully saturated rings. The van der Waals surface area contributed by atoms with E-state index >= 15 is 4.39 Å². The van der Waals surface area contributed by atoms with Gasteiger partial charge in [0.2, 0.25) is 0 Å². The van der Waals surface area contributed by atoms with Gasteiger partial charge in [-0.05, 0) is 79.5 Å². The Morgan fingerprint density at radius 2 is 2.04 bits per heavy atom. The predicted octanol–water partition coefficient (Wildman–Crippen LogP) is 5.41. The van der Waals surface area contributed by atoms with Gasteiger partial charge < -0.3 is 24.8 Å². The van der Waals surface area contributed by atoms with E-state index in [9.17, 15) is 14.9 Å². The number of ether oxygens (including phenoxy) is 3. The molecule has 1 saturated heterocycles. The molecular formula is C36H44FN3O5. The summed E-state index contributed by atoms with van der Waals surface area (Å²) in [5, 5.41) is 15.8. The van der Waals surface area contributed by atoms with E-state index in [1.165, 1.54) is 6.92 Å². The van der Waals surface area contributed by atoms with E-state index in [2.05, 4.69) is 36.3 Å². The molecule has 2 N–H and O–H groups in total. The van der Waals surface area contributed by atoms with E-state index in [1.54, 1.807) is 13.0 Å². The third kappa shape index (κ3) is 8.26. The molecule has 2 heterocycles. The lowest BCUT2D eigenvalue weighted by Gasteiger charge is -2.42. The second-order valence-electron chi connectivity index (χ2n) is 12.3. The smallest absolute Gasteiger partial charge is 0.311 e. The monoisotopic (exact) mass is 617 g/mol. The molecule has 0 aliphatic carbocycles. The van der Waals surface area contributed by atoms with E-state index < -0.39 is 29.3 Å². The number of nitriles is 1. The molecule has 45 heavy (non-hydrogen) atoms. The summed E-state index contributed by atoms with van der Waals surface area (Å²) in [4.78, 5) is 25.3. The molecule has 0 bridgehead atoms. The predicted molar refractivity (Wildman–Crippen MR) is 171 cm³/mol. The summed E-state index contributed by atoms with van der Waals surface area (Å²) in [7, 11) is 0. The highest BCUT2D eigenvalue weighted by Gasteiger charge is 2.52. The number of carbonyl (C=O) groups excluding carboxylic acids is 2. The van der Waals surface area contributed by atoms with Gasteiger partial charge in [0.1, 0.15) is 23.5 Å². The highest BCUT2D eigenvalue weighted by Crippen LogP contribution is 2.37. The Kier molecular flexibility index (Phi) is 11.3. The van der Waals surface area contributed by atoms with Gasteiger partial charge in [0, 0.05) is 25.9 Å². The van der Waals surface area contributed by atoms with Crippen LogP contribution in [0.15, 0.2) is 66.8 Å². The second kappa shape index (κ2) is 15.0. The minimum Gasteiger partial charge on any atom is -0.426 e. The van der Waals surface area contributed by atoms with Crippen LogP contribution in [0.3, 0.4) is 0 Å². The maximum Gasteiger partial charge on any atom is 0.311 e. The van der Waals surface area contributed by atoms with Crippen molar-refractivity contribution in [3.63, 3.8) is 0 Å². The van der Waals surface area contributed by atoms with Crippen LogP contribution in [0, 0.1) is 17.2 Å². The Labute approximate surface area is 265 Å². The number of alkyl halides is 1. The fourth-order valence-electron chi connectivity index (χ4n) is 5.61. The lowest BCUT2D eigenvalue weighted by atomic mass is 9.81. The molecule has 8 nitrogen and oxygen atoms in total. The number of halogens is 1. The van der Waals surface area contributed by atoms with E-state index in [-0.39, 0.29) is 38.2 Å². The fourth-order valence-corrected chi connectivity index (χ4v) is 5.61. The second-order valence-corrected chi connectivity index (χ2v) is 12.3. The molecule has 2 aliphatic rings. The van der Waals surface area contributed by atoms with Crippen LogP contribution in [0.2, 0.25) is 0 Å². The molecule has 0 aromatic heterocycles. The molecular weight excluding hydrogens is 573 g/mol. The SMILES string of the molecule is C=C(C)C(C)(F)C1(OC/C=C/C)CNC[C@@H](C(=O)N[C@H](C#N)Cc2ccc(-c3ccc4c(c3)CCC(C)CC(=O)O4)cc2)OC1. The minimum atomic E-state index is -1.92. The Balaban J connectivity index is 1.39. The number of amides is 1. The van der Waals surface area contributed by atoms with Crippen molar-refractivity contribution in [2.24, 2.45) is 5.92 Å². The molecule has 2 aromatic carbocycles. The first-order valence-electron chi connectivity index (χ1n) is 15.5. The first-order valence-corrected chi connectivity index (χ1v) is 15.5. The van der Waals surface area contributed by atoms with Crippen LogP contribution in [0.1, 0.15) is 51.7 Å². The van der Waals surface area contributed by atoms with Crippen LogP contribution >= 0.6 is 0 Å². The van der Waals surface area contributed by atoms with E-state index in [4.69, 9.17) is 14.2 Å². The average molecular weight is 618 g/mol. The molecule has 3 unspecified atom stereocenters. The largest absolute Gasteiger partial charge is 0.426 e. The Bertz CT molecular complexity index is 1450. The van der Waals surface area contributed by atoms with Gasteiger partial charge in [0.05, 0.1) is 19.3 Å². The van der Waals surface area contributed by atoms with Crippen molar-refractivity contribution < 1.29 is 28.2 Å². The van der Waals surface area contributed by atoms with Gasteiger partial charge in [-0.25, -0.2) is 4.39 Å². The number of nitrogens with zero attached hydrogens (tertiary/aromatic N) is 1. The number of allylic oxidation sites excluding steroid dienone is 1. The van der Waals surface area contributed by atoms with Gasteiger partial charge in [-0.1, -0.05) is 56.0 Å². The standard InChI is InChI=1S/C36H44FN3O5/c1-6-7-16-44-36(35(5,37)24(2)3)22-39-21-32(43-23-36)34(42)40-30(20-38)18-26-9-12-27(13-10-26)28-14-15-31-29(19-28)11-8-25(4)17-33(41)45-31/h6-7,9-10,12-15,19,25,30,32,39H,2,8,11,16-18,21-23H2,1,3-5H3,(H,40,42)/b7-6+/t25?,30-,32-,35?,36?/m0/s1. The van der Waals surface area contributed by atoms with Gasteiger partial charge in [0.25, 0.3) is 5.91 Å². The number of benzene rings is 2. The maximum atomic E-state index is 15.9. The van der Waals surface area contributed by atoms with Crippen molar-refractivity contribution in [2.45, 2.75) is 76.8 Å². The number of nitrogens with one attached hydrogen (secondary N) is 2. The molecule has 0 radical (unpaired) electrons. The van der Waals surface area contributed by atoms with Crippen LogP contribution < -0.4 is 15.4 Å². The molecule has 2 aromatic rings. The van der Waals surface area contributed by atoms with Crippen molar-refractivity contribution in [2.75, 3.05) is 26.3 Å². The molecule has 0 spiro atoms. The van der Waals surface area contributed by atoms with Crippen LogP contribution in [0.25, 0.3) is 11.1 Å². The van der Waals surface area contributed by atoms with Crippen LogP contribution in [0.4, 0.5) is 4.39 Å². The molecule has 4 rings (SSSR count). The van der Waals surface area contributed by atoms with Gasteiger partial charge in [-0.15, -0.1) is 0 Å². The van der Waals surface area contributed by atoms with Crippen molar-refractivity contribution in [3.8, 4) is 22.9 Å². The summed E-state index contributed by atoms with van der Waals surface area (Å²) in [6.45, 7) is 11.0. The lowest BCUT2D eigenvalue weighted by Crippen LogP contribution is -2.59. The number of fused-ring (bicyclic) bond motifs is 1. The zero-order valence-electron chi connectivity index (χ0n) is 26.7. The zero-order chi connectivity index (χ0) is 32.6. The average Bonchev–Trinajstić information content (AvgIpc) is 3.24. The van der Waals surface area contributed by atoms with Gasteiger partial charge in [0.15, 0.2) is 5.67 Å². The molecule has 9 heteroatoms. The summed E-state index contributed by atoms with van der Waals surface area (Å²) < 4.78 is 33.4. The van der Waals surface area contributed by atoms with Gasteiger partial charge in [-0.2, -0.15) is 5.26 Å².